The number of nitrogens with zero attached hydrogens (tertiary/aromatic N) is 3. The second-order valence-electron chi connectivity index (χ2n) is 13.2. The standard InChI is InChI=1S/C33H34ClN3O7/c1-17-9-21(38)20(27(39)33(17)28(40)24-22(42-4)11-23(43-5)25(34)26(24)44-33)12-35-19-8-6-7-18(10-19)29-36-13-31(2)14-37(29)16-32(3,15-36)30(31)41/h6-8,10-12,17,29,39H,9,13-16H2,1-5H3/t17-,29?,31?,32?,33+/m1/s1. The van der Waals surface area contributed by atoms with E-state index < -0.39 is 23.1 Å². The minimum Gasteiger partial charge on any atom is -0.507 e. The number of benzene rings is 2. The zero-order valence-corrected chi connectivity index (χ0v) is 26.0. The number of ketones is 3. The van der Waals surface area contributed by atoms with Crippen LogP contribution in [0.1, 0.15) is 49.3 Å². The number of aliphatic imine (C=N–C) groups is 1. The van der Waals surface area contributed by atoms with Crippen LogP contribution in [0.5, 0.6) is 17.2 Å². The monoisotopic (exact) mass is 619 g/mol. The molecule has 230 valence electrons. The fourth-order valence-electron chi connectivity index (χ4n) is 8.24. The Labute approximate surface area is 260 Å². The first-order valence-electron chi connectivity index (χ1n) is 14.7. The largest absolute Gasteiger partial charge is 0.507 e. The SMILES string of the molecule is COc1cc(OC)c2c(c1Cl)O[C@]1(C2=O)C(O)=C(C=Nc2cccc(C3N4CC5(C)CN3CC(C)(C4)C5=O)c2)C(=O)C[C@H]1C. The van der Waals surface area contributed by atoms with Crippen molar-refractivity contribution in [2.45, 2.75) is 39.0 Å². The molecular weight excluding hydrogens is 586 g/mol. The molecule has 0 aromatic heterocycles. The van der Waals surface area contributed by atoms with E-state index in [0.717, 1.165) is 5.56 Å². The summed E-state index contributed by atoms with van der Waals surface area (Å²) in [4.78, 5) is 49.6. The third-order valence-electron chi connectivity index (χ3n) is 10.0. The van der Waals surface area contributed by atoms with Crippen LogP contribution in [0.2, 0.25) is 5.02 Å². The normalized spacial score (nSPS) is 35.5. The van der Waals surface area contributed by atoms with Crippen molar-refractivity contribution in [1.29, 1.82) is 0 Å². The van der Waals surface area contributed by atoms with Gasteiger partial charge in [-0.25, -0.2) is 0 Å². The maximum Gasteiger partial charge on any atom is 0.231 e. The number of hydrogen-bond acceptors (Lipinski definition) is 10. The van der Waals surface area contributed by atoms with Crippen molar-refractivity contribution in [1.82, 2.24) is 9.80 Å². The van der Waals surface area contributed by atoms with Gasteiger partial charge in [-0.05, 0) is 17.7 Å². The van der Waals surface area contributed by atoms with E-state index in [-0.39, 0.29) is 62.6 Å². The first-order chi connectivity index (χ1) is 20.9. The van der Waals surface area contributed by atoms with Gasteiger partial charge in [-0.15, -0.1) is 0 Å². The lowest BCUT2D eigenvalue weighted by molar-refractivity contribution is -0.197. The van der Waals surface area contributed by atoms with Gasteiger partial charge < -0.3 is 19.3 Å². The van der Waals surface area contributed by atoms with E-state index in [1.54, 1.807) is 6.92 Å². The van der Waals surface area contributed by atoms with E-state index in [0.29, 0.717) is 37.6 Å². The summed E-state index contributed by atoms with van der Waals surface area (Å²) in [5.74, 6) is -1.28. The topological polar surface area (TPSA) is 118 Å². The van der Waals surface area contributed by atoms with Gasteiger partial charge in [0.05, 0.1) is 42.5 Å². The van der Waals surface area contributed by atoms with Gasteiger partial charge in [0, 0.05) is 50.8 Å². The molecule has 44 heavy (non-hydrogen) atoms. The minimum absolute atomic E-state index is 0.0205. The van der Waals surface area contributed by atoms with Crippen LogP contribution < -0.4 is 14.2 Å². The number of ether oxygens (including phenoxy) is 3. The molecule has 0 saturated carbocycles. The van der Waals surface area contributed by atoms with Gasteiger partial charge in [0.15, 0.2) is 17.3 Å². The van der Waals surface area contributed by atoms with E-state index in [4.69, 9.17) is 25.8 Å². The van der Waals surface area contributed by atoms with Gasteiger partial charge in [-0.3, -0.25) is 29.2 Å². The molecule has 11 heteroatoms. The molecule has 8 rings (SSSR count). The molecule has 1 N–H and O–H groups in total. The molecule has 4 fully saturated rings. The molecule has 10 nitrogen and oxygen atoms in total. The van der Waals surface area contributed by atoms with Gasteiger partial charge in [-0.1, -0.05) is 44.5 Å². The fraction of sp³-hybridized carbons (Fsp3) is 0.455. The minimum atomic E-state index is -1.87. The van der Waals surface area contributed by atoms with Crippen molar-refractivity contribution >= 4 is 40.9 Å². The van der Waals surface area contributed by atoms with E-state index in [9.17, 15) is 19.5 Å². The number of halogens is 1. The maximum absolute atomic E-state index is 14.0. The number of aliphatic hydroxyl groups excluding tert-OH is 1. The smallest absolute Gasteiger partial charge is 0.231 e. The van der Waals surface area contributed by atoms with E-state index in [1.807, 2.05) is 24.3 Å². The van der Waals surface area contributed by atoms with Crippen LogP contribution in [0.15, 0.2) is 46.7 Å². The zero-order valence-electron chi connectivity index (χ0n) is 25.3. The Bertz CT molecular complexity index is 1680. The summed E-state index contributed by atoms with van der Waals surface area (Å²) in [6, 6.07) is 9.23. The maximum atomic E-state index is 14.0. The first-order valence-corrected chi connectivity index (χ1v) is 15.1. The molecule has 6 aliphatic rings. The third-order valence-corrected chi connectivity index (χ3v) is 10.4. The number of carbonyl (C=O) groups excluding carboxylic acids is 3. The first kappa shape index (κ1) is 29.0. The molecule has 2 aromatic rings. The van der Waals surface area contributed by atoms with Crippen molar-refractivity contribution in [2.75, 3.05) is 40.4 Å². The lowest BCUT2D eigenvalue weighted by atomic mass is 9.62. The Morgan fingerprint density at radius 1 is 1.02 bits per heavy atom. The molecule has 4 bridgehead atoms. The van der Waals surface area contributed by atoms with E-state index in [2.05, 4.69) is 28.6 Å². The van der Waals surface area contributed by atoms with Crippen molar-refractivity contribution < 1.29 is 33.7 Å². The number of fused-ring (bicyclic) bond motifs is 1. The van der Waals surface area contributed by atoms with E-state index >= 15 is 0 Å². The highest BCUT2D eigenvalue weighted by molar-refractivity contribution is 6.35. The molecule has 0 unspecified atom stereocenters. The summed E-state index contributed by atoms with van der Waals surface area (Å²) in [5.41, 5.74) is -0.990. The molecule has 5 aliphatic heterocycles. The Kier molecular flexibility index (Phi) is 6.35. The molecule has 4 saturated heterocycles. The lowest BCUT2D eigenvalue weighted by Crippen LogP contribution is -2.75. The molecular formula is C33H34ClN3O7. The summed E-state index contributed by atoms with van der Waals surface area (Å²) in [7, 11) is 2.84. The average molecular weight is 620 g/mol. The molecule has 2 aromatic carbocycles. The number of Topliss-reactive ketones (excluding diaryl/α,β-unsaturated/α-hetero) is 3. The number of allylic oxidation sites excluding steroid dienone is 1. The van der Waals surface area contributed by atoms with Crippen LogP contribution in [0.25, 0.3) is 0 Å². The summed E-state index contributed by atoms with van der Waals surface area (Å²) < 4.78 is 17.0. The van der Waals surface area contributed by atoms with Gasteiger partial charge in [0.2, 0.25) is 11.4 Å². The molecule has 5 heterocycles. The van der Waals surface area contributed by atoms with Crippen molar-refractivity contribution in [2.24, 2.45) is 21.7 Å². The highest BCUT2D eigenvalue weighted by Crippen LogP contribution is 2.55. The van der Waals surface area contributed by atoms with Crippen LogP contribution in [-0.2, 0) is 9.59 Å². The van der Waals surface area contributed by atoms with Gasteiger partial charge >= 0.3 is 0 Å². The number of hydrogen-bond donors (Lipinski definition) is 1. The van der Waals surface area contributed by atoms with Crippen LogP contribution in [-0.4, -0.2) is 84.5 Å². The number of aliphatic hydroxyl groups is 1. The van der Waals surface area contributed by atoms with Crippen molar-refractivity contribution in [3.05, 3.63) is 57.8 Å². The molecule has 1 spiro atoms. The van der Waals surface area contributed by atoms with Crippen LogP contribution in [0.3, 0.4) is 0 Å². The third kappa shape index (κ3) is 3.80. The van der Waals surface area contributed by atoms with Gasteiger partial charge in [0.1, 0.15) is 27.9 Å². The van der Waals surface area contributed by atoms with Crippen LogP contribution >= 0.6 is 11.6 Å². The van der Waals surface area contributed by atoms with Gasteiger partial charge in [-0.2, -0.15) is 0 Å². The highest BCUT2D eigenvalue weighted by Gasteiger charge is 2.63. The average Bonchev–Trinajstić information content (AvgIpc) is 3.29. The molecule has 2 atom stereocenters. The summed E-state index contributed by atoms with van der Waals surface area (Å²) >= 11 is 6.53. The Balaban J connectivity index is 1.22. The van der Waals surface area contributed by atoms with Crippen LogP contribution in [0, 0.1) is 16.7 Å². The molecule has 0 amide bonds. The quantitative estimate of drug-likeness (QED) is 0.474. The van der Waals surface area contributed by atoms with Crippen molar-refractivity contribution in [3.63, 3.8) is 0 Å². The predicted octanol–water partition coefficient (Wildman–Crippen LogP) is 4.72. The summed E-state index contributed by atoms with van der Waals surface area (Å²) in [6.07, 6.45) is 1.28. The number of methoxy groups -OCH3 is 2. The summed E-state index contributed by atoms with van der Waals surface area (Å²) in [6.45, 7) is 8.65. The van der Waals surface area contributed by atoms with Gasteiger partial charge in [0.25, 0.3) is 0 Å². The van der Waals surface area contributed by atoms with Crippen LogP contribution in [0.4, 0.5) is 5.69 Å². The lowest BCUT2D eigenvalue weighted by Gasteiger charge is -2.64. The van der Waals surface area contributed by atoms with Crippen molar-refractivity contribution in [3.8, 4) is 17.2 Å². The Morgan fingerprint density at radius 3 is 2.27 bits per heavy atom. The second-order valence-corrected chi connectivity index (χ2v) is 13.6. The highest BCUT2D eigenvalue weighted by atomic mass is 35.5. The van der Waals surface area contributed by atoms with E-state index in [1.165, 1.54) is 26.5 Å². The molecule has 0 radical (unpaired) electrons. The second kappa shape index (κ2) is 9.63. The fourth-order valence-corrected chi connectivity index (χ4v) is 8.50. The zero-order chi connectivity index (χ0) is 31.3. The Hall–Kier alpha value is -3.73. The number of piperidine rings is 2. The molecule has 1 aliphatic carbocycles. The number of rotatable bonds is 5. The predicted molar refractivity (Wildman–Crippen MR) is 162 cm³/mol. The summed E-state index contributed by atoms with van der Waals surface area (Å²) in [5, 5.41) is 11.7. The number of carbonyl (C=O) groups is 3. The Morgan fingerprint density at radius 2 is 1.66 bits per heavy atom.